The topological polar surface area (TPSA) is 83.5 Å². The second-order valence-electron chi connectivity index (χ2n) is 6.79. The zero-order chi connectivity index (χ0) is 21.1. The van der Waals surface area contributed by atoms with Gasteiger partial charge in [-0.2, -0.15) is 4.31 Å². The molecule has 4 rings (SSSR count). The maximum absolute atomic E-state index is 13.9. The van der Waals surface area contributed by atoms with Gasteiger partial charge in [-0.25, -0.2) is 22.8 Å². The monoisotopic (exact) mass is 426 g/mol. The highest BCUT2D eigenvalue weighted by Crippen LogP contribution is 2.21. The van der Waals surface area contributed by atoms with E-state index in [1.165, 1.54) is 34.9 Å². The van der Waals surface area contributed by atoms with Gasteiger partial charge >= 0.3 is 0 Å². The lowest BCUT2D eigenvalue weighted by molar-refractivity contribution is 0.0697. The van der Waals surface area contributed by atoms with Gasteiger partial charge in [0.1, 0.15) is 10.7 Å². The fourth-order valence-electron chi connectivity index (χ4n) is 3.28. The molecule has 0 N–H and O–H groups in total. The fourth-order valence-corrected chi connectivity index (χ4v) is 4.77. The molecule has 0 radical (unpaired) electrons. The van der Waals surface area contributed by atoms with Crippen molar-refractivity contribution in [1.82, 2.24) is 19.2 Å². The first kappa shape index (κ1) is 20.1. The highest BCUT2D eigenvalue weighted by Gasteiger charge is 2.32. The van der Waals surface area contributed by atoms with Gasteiger partial charge in [0.15, 0.2) is 5.82 Å². The Morgan fingerprint density at radius 1 is 0.867 bits per heavy atom. The van der Waals surface area contributed by atoms with Crippen molar-refractivity contribution in [3.8, 4) is 11.4 Å². The smallest absolute Gasteiger partial charge is 0.257 e. The average Bonchev–Trinajstić information content (AvgIpc) is 2.79. The van der Waals surface area contributed by atoms with E-state index in [1.54, 1.807) is 4.90 Å². The summed E-state index contributed by atoms with van der Waals surface area (Å²) in [6.07, 6.45) is 2.94. The molecule has 0 atom stereocenters. The lowest BCUT2D eigenvalue weighted by atomic mass is 10.2. The Labute approximate surface area is 173 Å². The summed E-state index contributed by atoms with van der Waals surface area (Å²) in [6.45, 7) is 0.580. The first-order valence-electron chi connectivity index (χ1n) is 9.38. The first-order chi connectivity index (χ1) is 14.5. The molecule has 9 heteroatoms. The molecule has 0 saturated carbocycles. The number of amides is 1. The second kappa shape index (κ2) is 8.29. The van der Waals surface area contributed by atoms with Crippen LogP contribution >= 0.6 is 0 Å². The third-order valence-electron chi connectivity index (χ3n) is 4.91. The van der Waals surface area contributed by atoms with Crippen LogP contribution in [0.4, 0.5) is 4.39 Å². The van der Waals surface area contributed by atoms with E-state index in [0.717, 1.165) is 11.6 Å². The number of aromatic nitrogens is 2. The van der Waals surface area contributed by atoms with Crippen molar-refractivity contribution in [2.45, 2.75) is 4.90 Å². The van der Waals surface area contributed by atoms with Crippen molar-refractivity contribution in [3.63, 3.8) is 0 Å². The fraction of sp³-hybridized carbons (Fsp3) is 0.190. The Kier molecular flexibility index (Phi) is 5.56. The normalized spacial score (nSPS) is 15.2. The second-order valence-corrected chi connectivity index (χ2v) is 8.69. The summed E-state index contributed by atoms with van der Waals surface area (Å²) in [5, 5.41) is 0. The summed E-state index contributed by atoms with van der Waals surface area (Å²) in [4.78, 5) is 22.5. The third-order valence-corrected chi connectivity index (χ3v) is 6.84. The maximum atomic E-state index is 13.9. The van der Waals surface area contributed by atoms with Crippen LogP contribution in [0.15, 0.2) is 71.9 Å². The number of benzene rings is 2. The number of halogens is 1. The number of hydrogen-bond acceptors (Lipinski definition) is 5. The van der Waals surface area contributed by atoms with Crippen LogP contribution in [0, 0.1) is 5.82 Å². The minimum absolute atomic E-state index is 0.0887. The van der Waals surface area contributed by atoms with Gasteiger partial charge in [-0.15, -0.1) is 0 Å². The molecule has 1 aromatic heterocycles. The van der Waals surface area contributed by atoms with E-state index in [0.29, 0.717) is 11.4 Å². The van der Waals surface area contributed by atoms with Crippen molar-refractivity contribution in [2.75, 3.05) is 26.2 Å². The highest BCUT2D eigenvalue weighted by atomic mass is 32.2. The summed E-state index contributed by atoms with van der Waals surface area (Å²) < 4.78 is 40.5. The minimum Gasteiger partial charge on any atom is -0.336 e. The Balaban J connectivity index is 1.43. The van der Waals surface area contributed by atoms with E-state index in [4.69, 9.17) is 0 Å². The molecule has 1 aliphatic heterocycles. The number of sulfonamides is 1. The molecule has 1 saturated heterocycles. The van der Waals surface area contributed by atoms with Gasteiger partial charge in [0.2, 0.25) is 10.0 Å². The Morgan fingerprint density at radius 2 is 1.47 bits per heavy atom. The van der Waals surface area contributed by atoms with Crippen LogP contribution in [0.1, 0.15) is 10.4 Å². The zero-order valence-electron chi connectivity index (χ0n) is 16.0. The van der Waals surface area contributed by atoms with Gasteiger partial charge in [0.05, 0.1) is 5.56 Å². The average molecular weight is 426 g/mol. The molecule has 1 aliphatic rings. The minimum atomic E-state index is -3.95. The lowest BCUT2D eigenvalue weighted by Crippen LogP contribution is -2.50. The van der Waals surface area contributed by atoms with Crippen molar-refractivity contribution < 1.29 is 17.6 Å². The van der Waals surface area contributed by atoms with Crippen molar-refractivity contribution in [1.29, 1.82) is 0 Å². The molecule has 0 aliphatic carbocycles. The molecule has 154 valence electrons. The van der Waals surface area contributed by atoms with Gasteiger partial charge < -0.3 is 4.90 Å². The SMILES string of the molecule is O=C(c1cnc(-c2ccccc2)nc1)N1CCN(S(=O)(=O)c2ccccc2F)CC1. The quantitative estimate of drug-likeness (QED) is 0.640. The predicted octanol–water partition coefficient (Wildman–Crippen LogP) is 2.43. The standard InChI is InChI=1S/C21H19FN4O3S/c22-18-8-4-5-9-19(18)30(28,29)26-12-10-25(11-13-26)21(27)17-14-23-20(24-15-17)16-6-2-1-3-7-16/h1-9,14-15H,10-13H2. The van der Waals surface area contributed by atoms with Gasteiger partial charge in [-0.3, -0.25) is 4.79 Å². The van der Waals surface area contributed by atoms with E-state index < -0.39 is 15.8 Å². The molecule has 1 fully saturated rings. The van der Waals surface area contributed by atoms with Crippen LogP contribution in [0.2, 0.25) is 0 Å². The number of hydrogen-bond donors (Lipinski definition) is 0. The van der Waals surface area contributed by atoms with Crippen molar-refractivity contribution in [3.05, 3.63) is 78.4 Å². The number of rotatable bonds is 4. The van der Waals surface area contributed by atoms with Gasteiger partial charge in [-0.1, -0.05) is 42.5 Å². The van der Waals surface area contributed by atoms with Crippen LogP contribution in [-0.4, -0.2) is 59.7 Å². The zero-order valence-corrected chi connectivity index (χ0v) is 16.8. The molecule has 3 aromatic rings. The third kappa shape index (κ3) is 3.94. The molecule has 7 nitrogen and oxygen atoms in total. The summed E-state index contributed by atoms with van der Waals surface area (Å²) in [6, 6.07) is 14.7. The van der Waals surface area contributed by atoms with Crippen molar-refractivity contribution in [2.24, 2.45) is 0 Å². The number of carbonyl (C=O) groups is 1. The number of carbonyl (C=O) groups excluding carboxylic acids is 1. The summed E-state index contributed by atoms with van der Waals surface area (Å²) in [5.74, 6) is -0.530. The molecular weight excluding hydrogens is 407 g/mol. The van der Waals surface area contributed by atoms with E-state index in [9.17, 15) is 17.6 Å². The predicted molar refractivity (Wildman–Crippen MR) is 109 cm³/mol. The lowest BCUT2D eigenvalue weighted by Gasteiger charge is -2.34. The van der Waals surface area contributed by atoms with E-state index in [1.807, 2.05) is 30.3 Å². The summed E-state index contributed by atoms with van der Waals surface area (Å²) in [7, 11) is -3.95. The molecule has 0 bridgehead atoms. The summed E-state index contributed by atoms with van der Waals surface area (Å²) >= 11 is 0. The van der Waals surface area contributed by atoms with Crippen LogP contribution in [0.25, 0.3) is 11.4 Å². The molecule has 1 amide bonds. The number of nitrogens with zero attached hydrogens (tertiary/aromatic N) is 4. The highest BCUT2D eigenvalue weighted by molar-refractivity contribution is 7.89. The Morgan fingerprint density at radius 3 is 2.10 bits per heavy atom. The van der Waals surface area contributed by atoms with Gasteiger partial charge in [-0.05, 0) is 12.1 Å². The molecule has 0 unspecified atom stereocenters. The Bertz CT molecular complexity index is 1150. The van der Waals surface area contributed by atoms with E-state index in [-0.39, 0.29) is 37.0 Å². The maximum Gasteiger partial charge on any atom is 0.257 e. The largest absolute Gasteiger partial charge is 0.336 e. The van der Waals surface area contributed by atoms with Crippen LogP contribution < -0.4 is 0 Å². The van der Waals surface area contributed by atoms with Gasteiger partial charge in [0, 0.05) is 44.1 Å². The van der Waals surface area contributed by atoms with E-state index >= 15 is 0 Å². The molecule has 30 heavy (non-hydrogen) atoms. The van der Waals surface area contributed by atoms with Crippen LogP contribution in [0.5, 0.6) is 0 Å². The summed E-state index contributed by atoms with van der Waals surface area (Å²) in [5.41, 5.74) is 1.18. The van der Waals surface area contributed by atoms with Gasteiger partial charge in [0.25, 0.3) is 5.91 Å². The van der Waals surface area contributed by atoms with Crippen LogP contribution in [-0.2, 0) is 10.0 Å². The molecule has 0 spiro atoms. The molecule has 2 heterocycles. The molecular formula is C21H19FN4O3S. The number of piperazine rings is 1. The van der Waals surface area contributed by atoms with Crippen molar-refractivity contribution >= 4 is 15.9 Å². The molecule has 2 aromatic carbocycles. The van der Waals surface area contributed by atoms with Crippen LogP contribution in [0.3, 0.4) is 0 Å². The van der Waals surface area contributed by atoms with E-state index in [2.05, 4.69) is 9.97 Å². The first-order valence-corrected chi connectivity index (χ1v) is 10.8. The Hall–Kier alpha value is -3.17.